The van der Waals surface area contributed by atoms with Crippen molar-refractivity contribution in [1.82, 2.24) is 10.3 Å². The summed E-state index contributed by atoms with van der Waals surface area (Å²) in [5, 5.41) is 3.33. The lowest BCUT2D eigenvalue weighted by Gasteiger charge is -2.13. The van der Waals surface area contributed by atoms with E-state index in [0.29, 0.717) is 0 Å². The van der Waals surface area contributed by atoms with Gasteiger partial charge in [0.25, 0.3) is 0 Å². The number of nitrogens with zero attached hydrogens (tertiary/aromatic N) is 2. The summed E-state index contributed by atoms with van der Waals surface area (Å²) in [7, 11) is 0. The molecule has 0 radical (unpaired) electrons. The van der Waals surface area contributed by atoms with Crippen LogP contribution < -0.4 is 5.32 Å². The molecule has 1 aliphatic rings. The molecule has 0 spiro atoms. The van der Waals surface area contributed by atoms with Crippen LogP contribution in [0.1, 0.15) is 48.7 Å². The number of aryl methyl sites for hydroxylation is 3. The largest absolute Gasteiger partial charge is 0.367 e. The Morgan fingerprint density at radius 2 is 1.81 bits per heavy atom. The SMILES string of the molecule is C=C/C=C\c1c(CC)cccc1CCc1cccnc1C1=NCCN1.CC. The Bertz CT molecular complexity index is 803. The Morgan fingerprint density at radius 1 is 1.07 bits per heavy atom. The second-order valence-electron chi connectivity index (χ2n) is 6.11. The molecule has 1 aromatic carbocycles. The van der Waals surface area contributed by atoms with Gasteiger partial charge in [0, 0.05) is 12.7 Å². The number of pyridine rings is 1. The van der Waals surface area contributed by atoms with E-state index in [1.54, 1.807) is 0 Å². The Morgan fingerprint density at radius 3 is 2.52 bits per heavy atom. The number of rotatable bonds is 7. The Kier molecular flexibility index (Phi) is 8.50. The van der Waals surface area contributed by atoms with Crippen LogP contribution in [0.5, 0.6) is 0 Å². The van der Waals surface area contributed by atoms with Crippen LogP contribution in [0.15, 0.2) is 60.3 Å². The molecular formula is C24H31N3. The average molecular weight is 362 g/mol. The van der Waals surface area contributed by atoms with Gasteiger partial charge in [-0.05, 0) is 47.6 Å². The van der Waals surface area contributed by atoms with Gasteiger partial charge in [-0.15, -0.1) is 0 Å². The Labute approximate surface area is 164 Å². The van der Waals surface area contributed by atoms with Gasteiger partial charge in [0.1, 0.15) is 11.5 Å². The van der Waals surface area contributed by atoms with Crippen molar-refractivity contribution >= 4 is 11.9 Å². The summed E-state index contributed by atoms with van der Waals surface area (Å²) in [6.45, 7) is 11.7. The van der Waals surface area contributed by atoms with E-state index in [9.17, 15) is 0 Å². The highest BCUT2D eigenvalue weighted by molar-refractivity contribution is 5.99. The highest BCUT2D eigenvalue weighted by Crippen LogP contribution is 2.20. The van der Waals surface area contributed by atoms with Crippen LogP contribution in [0.3, 0.4) is 0 Å². The molecule has 27 heavy (non-hydrogen) atoms. The standard InChI is InChI=1S/C22H25N3.C2H6/c1-3-5-11-20-17(4-2)8-6-9-18(20)12-13-19-10-7-14-23-21(19)22-24-15-16-25-22;1-2/h3,5-11,14H,1,4,12-13,15-16H2,2H3,(H,24,25);1-2H3/b11-5-;. The molecule has 0 saturated carbocycles. The van der Waals surface area contributed by atoms with Crippen LogP contribution in [0.2, 0.25) is 0 Å². The van der Waals surface area contributed by atoms with E-state index in [1.807, 2.05) is 38.3 Å². The molecule has 1 N–H and O–H groups in total. The molecule has 1 aliphatic heterocycles. The third-order valence-corrected chi connectivity index (χ3v) is 4.52. The van der Waals surface area contributed by atoms with Crippen LogP contribution >= 0.6 is 0 Å². The van der Waals surface area contributed by atoms with E-state index in [4.69, 9.17) is 0 Å². The molecule has 142 valence electrons. The van der Waals surface area contributed by atoms with Gasteiger partial charge in [-0.25, -0.2) is 0 Å². The highest BCUT2D eigenvalue weighted by Gasteiger charge is 2.14. The monoisotopic (exact) mass is 361 g/mol. The van der Waals surface area contributed by atoms with Crippen molar-refractivity contribution in [3.63, 3.8) is 0 Å². The topological polar surface area (TPSA) is 37.3 Å². The summed E-state index contributed by atoms with van der Waals surface area (Å²) in [4.78, 5) is 9.09. The summed E-state index contributed by atoms with van der Waals surface area (Å²) < 4.78 is 0. The van der Waals surface area contributed by atoms with E-state index in [1.165, 1.54) is 22.3 Å². The lowest BCUT2D eigenvalue weighted by atomic mass is 9.94. The normalized spacial score (nSPS) is 12.9. The first-order valence-electron chi connectivity index (χ1n) is 9.96. The molecule has 2 aromatic rings. The van der Waals surface area contributed by atoms with E-state index >= 15 is 0 Å². The number of allylic oxidation sites excluding steroid dienone is 2. The predicted octanol–water partition coefficient (Wildman–Crippen LogP) is 5.00. The third-order valence-electron chi connectivity index (χ3n) is 4.52. The first kappa shape index (κ1) is 20.6. The summed E-state index contributed by atoms with van der Waals surface area (Å²) in [6, 6.07) is 10.8. The molecular weight excluding hydrogens is 330 g/mol. The van der Waals surface area contributed by atoms with Gasteiger partial charge in [0.05, 0.1) is 6.54 Å². The molecule has 0 saturated heterocycles. The quantitative estimate of drug-likeness (QED) is 0.704. The van der Waals surface area contributed by atoms with E-state index in [0.717, 1.165) is 43.9 Å². The molecule has 2 heterocycles. The highest BCUT2D eigenvalue weighted by atomic mass is 15.1. The van der Waals surface area contributed by atoms with Gasteiger partial charge in [-0.3, -0.25) is 9.98 Å². The second kappa shape index (κ2) is 11.1. The van der Waals surface area contributed by atoms with Gasteiger partial charge < -0.3 is 5.32 Å². The Hall–Kier alpha value is -2.68. The van der Waals surface area contributed by atoms with Crippen LogP contribution in [0.4, 0.5) is 0 Å². The van der Waals surface area contributed by atoms with Gasteiger partial charge in [-0.1, -0.05) is 69.8 Å². The molecule has 3 heteroatoms. The lowest BCUT2D eigenvalue weighted by Crippen LogP contribution is -2.22. The first-order chi connectivity index (χ1) is 13.3. The number of nitrogens with one attached hydrogen (secondary N) is 1. The Balaban J connectivity index is 0.00000126. The van der Waals surface area contributed by atoms with Crippen molar-refractivity contribution in [3.8, 4) is 0 Å². The number of aliphatic imine (C=N–C) groups is 1. The smallest absolute Gasteiger partial charge is 0.147 e. The minimum absolute atomic E-state index is 0.834. The molecule has 0 atom stereocenters. The third kappa shape index (κ3) is 5.40. The van der Waals surface area contributed by atoms with Crippen molar-refractivity contribution in [2.24, 2.45) is 4.99 Å². The summed E-state index contributed by atoms with van der Waals surface area (Å²) in [5.74, 6) is 0.935. The molecule has 3 nitrogen and oxygen atoms in total. The molecule has 0 amide bonds. The zero-order chi connectivity index (χ0) is 19.5. The fourth-order valence-electron chi connectivity index (χ4n) is 3.25. The average Bonchev–Trinajstić information content (AvgIpc) is 3.27. The number of benzene rings is 1. The minimum atomic E-state index is 0.834. The van der Waals surface area contributed by atoms with Crippen molar-refractivity contribution in [3.05, 3.63) is 83.2 Å². The molecule has 3 rings (SSSR count). The first-order valence-corrected chi connectivity index (χ1v) is 9.96. The predicted molar refractivity (Wildman–Crippen MR) is 117 cm³/mol. The number of hydrogen-bond donors (Lipinski definition) is 1. The molecule has 0 bridgehead atoms. The molecule has 0 unspecified atom stereocenters. The van der Waals surface area contributed by atoms with Crippen molar-refractivity contribution in [2.75, 3.05) is 13.1 Å². The van der Waals surface area contributed by atoms with E-state index < -0.39 is 0 Å². The van der Waals surface area contributed by atoms with E-state index in [-0.39, 0.29) is 0 Å². The van der Waals surface area contributed by atoms with Crippen LogP contribution in [0, 0.1) is 0 Å². The maximum atomic E-state index is 4.56. The van der Waals surface area contributed by atoms with Crippen LogP contribution in [0.25, 0.3) is 6.08 Å². The van der Waals surface area contributed by atoms with Gasteiger partial charge in [0.2, 0.25) is 0 Å². The van der Waals surface area contributed by atoms with Gasteiger partial charge >= 0.3 is 0 Å². The zero-order valence-corrected chi connectivity index (χ0v) is 16.8. The second-order valence-corrected chi connectivity index (χ2v) is 6.11. The maximum Gasteiger partial charge on any atom is 0.147 e. The molecule has 0 fully saturated rings. The lowest BCUT2D eigenvalue weighted by molar-refractivity contribution is 0.927. The van der Waals surface area contributed by atoms with Gasteiger partial charge in [-0.2, -0.15) is 0 Å². The van der Waals surface area contributed by atoms with Crippen molar-refractivity contribution in [2.45, 2.75) is 40.0 Å². The molecule has 0 aliphatic carbocycles. The summed E-state index contributed by atoms with van der Waals surface area (Å²) in [5.41, 5.74) is 6.31. The minimum Gasteiger partial charge on any atom is -0.367 e. The zero-order valence-electron chi connectivity index (χ0n) is 16.8. The number of hydrogen-bond acceptors (Lipinski definition) is 3. The van der Waals surface area contributed by atoms with Crippen LogP contribution in [-0.4, -0.2) is 23.9 Å². The fourth-order valence-corrected chi connectivity index (χ4v) is 3.25. The van der Waals surface area contributed by atoms with Gasteiger partial charge in [0.15, 0.2) is 0 Å². The van der Waals surface area contributed by atoms with E-state index in [2.05, 4.69) is 59.1 Å². The molecule has 1 aromatic heterocycles. The summed E-state index contributed by atoms with van der Waals surface area (Å²) in [6.07, 6.45) is 10.8. The maximum absolute atomic E-state index is 4.56. The summed E-state index contributed by atoms with van der Waals surface area (Å²) >= 11 is 0. The number of aromatic nitrogens is 1. The fraction of sp³-hybridized carbons (Fsp3) is 0.333. The van der Waals surface area contributed by atoms with Crippen LogP contribution in [-0.2, 0) is 19.3 Å². The van der Waals surface area contributed by atoms with Crippen molar-refractivity contribution < 1.29 is 0 Å². The number of amidine groups is 1. The van der Waals surface area contributed by atoms with Crippen molar-refractivity contribution in [1.29, 1.82) is 0 Å².